The Hall–Kier alpha value is -2.98. The number of hydrogen-bond acceptors (Lipinski definition) is 2. The van der Waals surface area contributed by atoms with Crippen molar-refractivity contribution < 1.29 is 4.21 Å². The van der Waals surface area contributed by atoms with E-state index in [1.165, 1.54) is 16.7 Å². The number of anilines is 1. The van der Waals surface area contributed by atoms with Crippen molar-refractivity contribution in [1.29, 1.82) is 0 Å². The molecule has 0 N–H and O–H groups in total. The Morgan fingerprint density at radius 3 is 2.34 bits per heavy atom. The Morgan fingerprint density at radius 1 is 1.06 bits per heavy atom. The normalized spacial score (nSPS) is 17.0. The van der Waals surface area contributed by atoms with Gasteiger partial charge in [-0.15, -0.1) is 0 Å². The predicted octanol–water partition coefficient (Wildman–Crippen LogP) is 6.14. The first-order valence-corrected chi connectivity index (χ1v) is 12.8. The zero-order valence-corrected chi connectivity index (χ0v) is 20.1. The number of aryl methyl sites for hydroxylation is 2. The number of fused-ring (bicyclic) bond motifs is 1. The lowest BCUT2D eigenvalue weighted by molar-refractivity contribution is 0.294. The SMILES string of the molecule is C=C(CN(c1ccc(CC)cc1)S(=C)(=O)c1ccc(C)cc1)N1Cc2ccccc2C1C. The molecule has 2 unspecified atom stereocenters. The van der Waals surface area contributed by atoms with Gasteiger partial charge in [-0.2, -0.15) is 0 Å². The van der Waals surface area contributed by atoms with Crippen LogP contribution in [-0.2, 0) is 22.7 Å². The first kappa shape index (κ1) is 22.2. The fourth-order valence-electron chi connectivity index (χ4n) is 4.36. The summed E-state index contributed by atoms with van der Waals surface area (Å²) in [5.74, 6) is 4.22. The highest BCUT2D eigenvalue weighted by atomic mass is 32.2. The lowest BCUT2D eigenvalue weighted by Gasteiger charge is -2.34. The van der Waals surface area contributed by atoms with E-state index in [1.807, 2.05) is 47.6 Å². The molecule has 3 nitrogen and oxygen atoms in total. The molecule has 0 fully saturated rings. The van der Waals surface area contributed by atoms with Crippen LogP contribution in [0.4, 0.5) is 5.69 Å². The Bertz CT molecular complexity index is 1210. The van der Waals surface area contributed by atoms with E-state index in [2.05, 4.69) is 67.6 Å². The van der Waals surface area contributed by atoms with Crippen LogP contribution in [0.2, 0.25) is 0 Å². The van der Waals surface area contributed by atoms with Crippen LogP contribution in [0.25, 0.3) is 0 Å². The zero-order chi connectivity index (χ0) is 22.9. The molecule has 1 aliphatic heterocycles. The Balaban J connectivity index is 1.68. The Kier molecular flexibility index (Phi) is 6.16. The molecule has 3 aromatic carbocycles. The van der Waals surface area contributed by atoms with Gasteiger partial charge in [-0.05, 0) is 67.1 Å². The Morgan fingerprint density at radius 2 is 1.72 bits per heavy atom. The highest BCUT2D eigenvalue weighted by molar-refractivity contribution is 8.01. The van der Waals surface area contributed by atoms with E-state index in [1.54, 1.807) is 0 Å². The summed E-state index contributed by atoms with van der Waals surface area (Å²) in [7, 11) is -2.75. The molecule has 0 aliphatic carbocycles. The topological polar surface area (TPSA) is 23.6 Å². The number of nitrogens with zero attached hydrogens (tertiary/aromatic N) is 2. The van der Waals surface area contributed by atoms with Crippen LogP contribution in [0.3, 0.4) is 0 Å². The summed E-state index contributed by atoms with van der Waals surface area (Å²) < 4.78 is 16.1. The van der Waals surface area contributed by atoms with Gasteiger partial charge in [0.15, 0.2) is 0 Å². The fourth-order valence-corrected chi connectivity index (χ4v) is 5.99. The van der Waals surface area contributed by atoms with Gasteiger partial charge in [0, 0.05) is 22.8 Å². The average molecular weight is 445 g/mol. The summed E-state index contributed by atoms with van der Waals surface area (Å²) in [5.41, 5.74) is 6.89. The third-order valence-corrected chi connectivity index (χ3v) is 8.48. The van der Waals surface area contributed by atoms with E-state index in [0.717, 1.165) is 34.8 Å². The summed E-state index contributed by atoms with van der Waals surface area (Å²) in [6.45, 7) is 12.1. The molecule has 3 aromatic rings. The van der Waals surface area contributed by atoms with Gasteiger partial charge in [0.25, 0.3) is 0 Å². The molecule has 2 atom stereocenters. The summed E-state index contributed by atoms with van der Waals surface area (Å²) in [4.78, 5) is 3.04. The van der Waals surface area contributed by atoms with Crippen LogP contribution >= 0.6 is 0 Å². The van der Waals surface area contributed by atoms with Crippen molar-refractivity contribution in [3.63, 3.8) is 0 Å². The molecular formula is C28H32N2OS. The molecule has 0 radical (unpaired) electrons. The van der Waals surface area contributed by atoms with E-state index in [-0.39, 0.29) is 6.04 Å². The minimum Gasteiger partial charge on any atom is -0.363 e. The fraction of sp³-hybridized carbons (Fsp3) is 0.250. The van der Waals surface area contributed by atoms with Crippen molar-refractivity contribution in [3.8, 4) is 0 Å². The quantitative estimate of drug-likeness (QED) is 0.408. The monoisotopic (exact) mass is 444 g/mol. The van der Waals surface area contributed by atoms with Gasteiger partial charge in [-0.25, -0.2) is 4.21 Å². The van der Waals surface area contributed by atoms with E-state index in [4.69, 9.17) is 0 Å². The molecule has 4 rings (SSSR count). The molecular weight excluding hydrogens is 412 g/mol. The van der Waals surface area contributed by atoms with Crippen molar-refractivity contribution in [2.75, 3.05) is 10.8 Å². The van der Waals surface area contributed by atoms with Crippen molar-refractivity contribution in [3.05, 3.63) is 107 Å². The van der Waals surface area contributed by atoms with Gasteiger partial charge in [-0.3, -0.25) is 4.31 Å². The molecule has 0 aromatic heterocycles. The van der Waals surface area contributed by atoms with Crippen LogP contribution in [0.1, 0.15) is 42.1 Å². The van der Waals surface area contributed by atoms with E-state index in [0.29, 0.717) is 6.54 Å². The summed E-state index contributed by atoms with van der Waals surface area (Å²) in [6, 6.07) is 24.9. The molecule has 4 heteroatoms. The summed E-state index contributed by atoms with van der Waals surface area (Å²) >= 11 is 0. The summed E-state index contributed by atoms with van der Waals surface area (Å²) in [6.07, 6.45) is 0.967. The van der Waals surface area contributed by atoms with Gasteiger partial charge in [0.05, 0.1) is 22.3 Å². The molecule has 0 saturated heterocycles. The van der Waals surface area contributed by atoms with Crippen molar-refractivity contribution in [2.45, 2.75) is 44.7 Å². The minimum absolute atomic E-state index is 0.239. The van der Waals surface area contributed by atoms with Crippen LogP contribution < -0.4 is 4.31 Å². The largest absolute Gasteiger partial charge is 0.363 e. The van der Waals surface area contributed by atoms with E-state index >= 15 is 0 Å². The lowest BCUT2D eigenvalue weighted by atomic mass is 10.1. The molecule has 32 heavy (non-hydrogen) atoms. The Labute approximate surface area is 193 Å². The predicted molar refractivity (Wildman–Crippen MR) is 137 cm³/mol. The first-order valence-electron chi connectivity index (χ1n) is 11.1. The second-order valence-corrected chi connectivity index (χ2v) is 10.8. The standard InChI is InChI=1S/C28H32N2OS/c1-6-24-13-15-26(16-14-24)30(32(5,31)27-17-11-21(2)12-18-27)19-22(3)29-20-25-9-7-8-10-28(25)23(29)4/h7-18,23H,3,5-6,19-20H2,1-2,4H3. The number of rotatable bonds is 7. The van der Waals surface area contributed by atoms with Gasteiger partial charge in [0.1, 0.15) is 0 Å². The van der Waals surface area contributed by atoms with Crippen LogP contribution in [0.15, 0.2) is 90.0 Å². The van der Waals surface area contributed by atoms with Crippen LogP contribution in [0.5, 0.6) is 0 Å². The maximum absolute atomic E-state index is 14.2. The van der Waals surface area contributed by atoms with Gasteiger partial charge in [-0.1, -0.05) is 67.6 Å². The number of hydrogen-bond donors (Lipinski definition) is 0. The molecule has 1 heterocycles. The molecule has 0 spiro atoms. The van der Waals surface area contributed by atoms with Gasteiger partial charge < -0.3 is 4.90 Å². The first-order chi connectivity index (χ1) is 15.3. The van der Waals surface area contributed by atoms with E-state index < -0.39 is 9.71 Å². The zero-order valence-electron chi connectivity index (χ0n) is 19.3. The van der Waals surface area contributed by atoms with Crippen molar-refractivity contribution >= 4 is 21.3 Å². The van der Waals surface area contributed by atoms with Crippen LogP contribution in [0, 0.1) is 6.92 Å². The van der Waals surface area contributed by atoms with Gasteiger partial charge in [0.2, 0.25) is 0 Å². The minimum atomic E-state index is -2.75. The second kappa shape index (κ2) is 8.87. The molecule has 1 aliphatic rings. The van der Waals surface area contributed by atoms with Crippen molar-refractivity contribution in [2.24, 2.45) is 0 Å². The maximum Gasteiger partial charge on any atom is 0.0766 e. The van der Waals surface area contributed by atoms with Crippen molar-refractivity contribution in [1.82, 2.24) is 4.90 Å². The molecule has 0 saturated carbocycles. The highest BCUT2D eigenvalue weighted by Gasteiger charge is 2.29. The third kappa shape index (κ3) is 4.20. The molecule has 0 amide bonds. The second-order valence-electron chi connectivity index (χ2n) is 8.58. The highest BCUT2D eigenvalue weighted by Crippen LogP contribution is 2.36. The van der Waals surface area contributed by atoms with E-state index in [9.17, 15) is 4.21 Å². The third-order valence-electron chi connectivity index (χ3n) is 6.42. The maximum atomic E-state index is 14.2. The average Bonchev–Trinajstić information content (AvgIpc) is 3.14. The molecule has 0 bridgehead atoms. The smallest absolute Gasteiger partial charge is 0.0766 e. The lowest BCUT2D eigenvalue weighted by Crippen LogP contribution is -2.36. The van der Waals surface area contributed by atoms with Crippen LogP contribution in [-0.4, -0.2) is 21.5 Å². The number of benzene rings is 3. The molecule has 166 valence electrons. The van der Waals surface area contributed by atoms with Gasteiger partial charge >= 0.3 is 0 Å². The summed E-state index contributed by atoms with van der Waals surface area (Å²) in [5, 5.41) is 0.